The van der Waals surface area contributed by atoms with Gasteiger partial charge in [-0.05, 0) is 77.2 Å². The van der Waals surface area contributed by atoms with Gasteiger partial charge in [-0.25, -0.2) is 4.79 Å². The minimum absolute atomic E-state index is 0.0145. The highest BCUT2D eigenvalue weighted by Gasteiger charge is 2.40. The van der Waals surface area contributed by atoms with Crippen LogP contribution in [0.1, 0.15) is 162 Å². The summed E-state index contributed by atoms with van der Waals surface area (Å²) in [7, 11) is 0. The zero-order valence-corrected chi connectivity index (χ0v) is 28.5. The van der Waals surface area contributed by atoms with Crippen LogP contribution in [-0.4, -0.2) is 81.3 Å². The molecule has 4 N–H and O–H groups in total. The van der Waals surface area contributed by atoms with Crippen LogP contribution in [0, 0.1) is 0 Å². The summed E-state index contributed by atoms with van der Waals surface area (Å²) >= 11 is 0. The molecule has 0 radical (unpaired) electrons. The predicted octanol–water partition coefficient (Wildman–Crippen LogP) is 6.83. The van der Waals surface area contributed by atoms with E-state index in [1.165, 1.54) is 44.9 Å². The third-order valence-corrected chi connectivity index (χ3v) is 10.2. The highest BCUT2D eigenvalue weighted by atomic mass is 16.6. The van der Waals surface area contributed by atoms with Gasteiger partial charge in [0, 0.05) is 5.57 Å². The first-order chi connectivity index (χ1) is 21.8. The molecule has 0 spiro atoms. The lowest BCUT2D eigenvalue weighted by Crippen LogP contribution is -2.33. The highest BCUT2D eigenvalue weighted by Crippen LogP contribution is 2.34. The van der Waals surface area contributed by atoms with Gasteiger partial charge in [0.05, 0.1) is 48.8 Å². The Balaban J connectivity index is 1.12. The zero-order chi connectivity index (χ0) is 32.4. The molecule has 45 heavy (non-hydrogen) atoms. The van der Waals surface area contributed by atoms with Crippen molar-refractivity contribution in [3.63, 3.8) is 0 Å². The molecule has 2 fully saturated rings. The van der Waals surface area contributed by atoms with Crippen LogP contribution in [0.15, 0.2) is 11.6 Å². The molecule has 262 valence electrons. The van der Waals surface area contributed by atoms with Crippen molar-refractivity contribution in [3.8, 4) is 0 Å². The summed E-state index contributed by atoms with van der Waals surface area (Å²) in [5.74, 6) is -0.127. The third-order valence-electron chi connectivity index (χ3n) is 10.2. The zero-order valence-electron chi connectivity index (χ0n) is 28.5. The van der Waals surface area contributed by atoms with E-state index in [9.17, 15) is 25.2 Å². The van der Waals surface area contributed by atoms with Crippen LogP contribution < -0.4 is 0 Å². The number of ether oxygens (including phenoxy) is 3. The topological polar surface area (TPSA) is 126 Å². The van der Waals surface area contributed by atoms with Crippen molar-refractivity contribution in [3.05, 3.63) is 11.6 Å². The molecule has 0 aliphatic carbocycles. The Kier molecular flexibility index (Phi) is 18.6. The number of cyclic esters (lactones) is 1. The van der Waals surface area contributed by atoms with Crippen LogP contribution in [-0.2, 0) is 19.0 Å². The molecule has 0 saturated carbocycles. The fourth-order valence-electron chi connectivity index (χ4n) is 7.29. The molecule has 0 aromatic heterocycles. The molecule has 3 rings (SSSR count). The molecule has 0 bridgehead atoms. The van der Waals surface area contributed by atoms with Crippen LogP contribution in [0.3, 0.4) is 0 Å². The van der Waals surface area contributed by atoms with Crippen LogP contribution in [0.4, 0.5) is 0 Å². The van der Waals surface area contributed by atoms with Gasteiger partial charge in [-0.1, -0.05) is 90.4 Å². The molecular weight excluding hydrogens is 572 g/mol. The van der Waals surface area contributed by atoms with Gasteiger partial charge in [0.25, 0.3) is 0 Å². The van der Waals surface area contributed by atoms with Crippen molar-refractivity contribution in [2.75, 3.05) is 0 Å². The SMILES string of the molecule is CCC(O)C(O)CCCCCCC(O)C1CCC(C2CCC(C(O)CCCCCCCCCCCCC3=CC(C)OC3=O)O2)O1. The largest absolute Gasteiger partial charge is 0.455 e. The molecule has 0 amide bonds. The molecule has 9 atom stereocenters. The Morgan fingerprint density at radius 2 is 1.09 bits per heavy atom. The van der Waals surface area contributed by atoms with Crippen LogP contribution in [0.5, 0.6) is 0 Å². The lowest BCUT2D eigenvalue weighted by Gasteiger charge is -2.24. The van der Waals surface area contributed by atoms with E-state index in [1.807, 2.05) is 19.9 Å². The Bertz CT molecular complexity index is 833. The third kappa shape index (κ3) is 14.3. The van der Waals surface area contributed by atoms with Crippen molar-refractivity contribution < 1.29 is 39.4 Å². The number of aliphatic hydroxyl groups is 4. The smallest absolute Gasteiger partial charge is 0.334 e. The molecular formula is C37H66O8. The monoisotopic (exact) mass is 638 g/mol. The first-order valence-corrected chi connectivity index (χ1v) is 18.7. The normalized spacial score (nSPS) is 27.8. The first-order valence-electron chi connectivity index (χ1n) is 18.7. The van der Waals surface area contributed by atoms with Gasteiger partial charge in [0.1, 0.15) is 6.10 Å². The van der Waals surface area contributed by atoms with E-state index < -0.39 is 24.4 Å². The fraction of sp³-hybridized carbons (Fsp3) is 0.919. The Morgan fingerprint density at radius 3 is 1.53 bits per heavy atom. The summed E-state index contributed by atoms with van der Waals surface area (Å²) < 4.78 is 17.7. The first kappa shape index (κ1) is 38.4. The number of hydrogen-bond acceptors (Lipinski definition) is 8. The van der Waals surface area contributed by atoms with Crippen LogP contribution >= 0.6 is 0 Å². The predicted molar refractivity (Wildman–Crippen MR) is 177 cm³/mol. The van der Waals surface area contributed by atoms with E-state index in [4.69, 9.17) is 14.2 Å². The van der Waals surface area contributed by atoms with E-state index in [0.717, 1.165) is 95.5 Å². The van der Waals surface area contributed by atoms with Gasteiger partial charge in [-0.3, -0.25) is 0 Å². The summed E-state index contributed by atoms with van der Waals surface area (Å²) in [6.45, 7) is 3.79. The van der Waals surface area contributed by atoms with Crippen molar-refractivity contribution >= 4 is 5.97 Å². The minimum Gasteiger partial charge on any atom is -0.455 e. The molecule has 2 saturated heterocycles. The Labute approximate surface area is 273 Å². The Morgan fingerprint density at radius 1 is 0.644 bits per heavy atom. The van der Waals surface area contributed by atoms with E-state index >= 15 is 0 Å². The van der Waals surface area contributed by atoms with E-state index in [-0.39, 0.29) is 36.5 Å². The molecule has 3 aliphatic heterocycles. The van der Waals surface area contributed by atoms with Gasteiger partial charge in [-0.2, -0.15) is 0 Å². The maximum Gasteiger partial charge on any atom is 0.334 e. The summed E-state index contributed by atoms with van der Waals surface area (Å²) in [5, 5.41) is 41.0. The molecule has 3 heterocycles. The summed E-state index contributed by atoms with van der Waals surface area (Å²) in [4.78, 5) is 11.6. The van der Waals surface area contributed by atoms with E-state index in [1.54, 1.807) is 0 Å². The number of rotatable bonds is 25. The summed E-state index contributed by atoms with van der Waals surface area (Å²) in [5.41, 5.74) is 0.859. The number of hydrogen-bond donors (Lipinski definition) is 4. The second-order valence-corrected chi connectivity index (χ2v) is 14.1. The van der Waals surface area contributed by atoms with Gasteiger partial charge < -0.3 is 34.6 Å². The molecule has 0 aromatic rings. The molecule has 8 nitrogen and oxygen atoms in total. The standard InChI is InChI=1S/C37H66O8/c1-3-29(38)30(39)19-15-12-13-17-21-32(41)34-23-25-36(45-34)35-24-22-33(44-35)31(40)20-16-11-9-7-5-4-6-8-10-14-18-28-26-27(2)43-37(28)42/h26-27,29-36,38-41H,3-25H2,1-2H3. The average Bonchev–Trinajstić information content (AvgIpc) is 3.78. The van der Waals surface area contributed by atoms with E-state index in [2.05, 4.69) is 0 Å². The number of carbonyl (C=O) groups is 1. The summed E-state index contributed by atoms with van der Waals surface area (Å²) in [6.07, 6.45) is 22.5. The van der Waals surface area contributed by atoms with E-state index in [0.29, 0.717) is 12.8 Å². The van der Waals surface area contributed by atoms with Crippen molar-refractivity contribution in [1.82, 2.24) is 0 Å². The summed E-state index contributed by atoms with van der Waals surface area (Å²) in [6, 6.07) is 0. The van der Waals surface area contributed by atoms with Crippen LogP contribution in [0.2, 0.25) is 0 Å². The van der Waals surface area contributed by atoms with Crippen molar-refractivity contribution in [2.24, 2.45) is 0 Å². The lowest BCUT2D eigenvalue weighted by atomic mass is 10.00. The molecule has 8 heteroatoms. The van der Waals surface area contributed by atoms with Crippen molar-refractivity contribution in [2.45, 2.75) is 216 Å². The van der Waals surface area contributed by atoms with Gasteiger partial charge in [0.15, 0.2) is 0 Å². The van der Waals surface area contributed by atoms with Gasteiger partial charge in [0.2, 0.25) is 0 Å². The van der Waals surface area contributed by atoms with Crippen molar-refractivity contribution in [1.29, 1.82) is 0 Å². The number of esters is 1. The van der Waals surface area contributed by atoms with Crippen LogP contribution in [0.25, 0.3) is 0 Å². The minimum atomic E-state index is -0.628. The number of unbranched alkanes of at least 4 members (excludes halogenated alkanes) is 12. The fourth-order valence-corrected chi connectivity index (χ4v) is 7.29. The number of carbonyl (C=O) groups excluding carboxylic acids is 1. The Hall–Kier alpha value is -1.03. The maximum absolute atomic E-state index is 11.6. The molecule has 3 aliphatic rings. The van der Waals surface area contributed by atoms with Gasteiger partial charge in [-0.15, -0.1) is 0 Å². The molecule has 9 unspecified atom stereocenters. The number of aliphatic hydroxyl groups excluding tert-OH is 4. The quantitative estimate of drug-likeness (QED) is 0.0634. The van der Waals surface area contributed by atoms with Gasteiger partial charge >= 0.3 is 5.97 Å². The average molecular weight is 639 g/mol. The second kappa shape index (κ2) is 21.8. The lowest BCUT2D eigenvalue weighted by molar-refractivity contribution is -0.139. The second-order valence-electron chi connectivity index (χ2n) is 14.1. The highest BCUT2D eigenvalue weighted by molar-refractivity contribution is 5.90. The molecule has 0 aromatic carbocycles. The maximum atomic E-state index is 11.6.